The van der Waals surface area contributed by atoms with Gasteiger partial charge >= 0.3 is 0 Å². The Morgan fingerprint density at radius 2 is 0.962 bits per heavy atom. The van der Waals surface area contributed by atoms with Crippen molar-refractivity contribution in [3.05, 3.63) is 24.3 Å². The second-order valence-electron chi connectivity index (χ2n) is 14.2. The van der Waals surface area contributed by atoms with Crippen molar-refractivity contribution in [1.29, 1.82) is 0 Å². The normalized spacial score (nSPS) is 24.4. The van der Waals surface area contributed by atoms with Crippen molar-refractivity contribution >= 4 is 29.3 Å². The van der Waals surface area contributed by atoms with Crippen LogP contribution >= 0.6 is 0 Å². The SMILES string of the molecule is CN(C)C(=O)CN1CCN(CC(=O)N(C)C)CCN(CC(=O)N(C)c2ccc(O[C@H]3O[C@H](CO)[C@@H](O)[C@H](O)[C@@H]3O)cc2)CCN(CC(=O)N(C)C)CC1. The van der Waals surface area contributed by atoms with E-state index in [1.54, 1.807) is 88.3 Å². The van der Waals surface area contributed by atoms with Crippen LogP contribution in [0.1, 0.15) is 0 Å². The molecular formula is C35H60N8O10. The Morgan fingerprint density at radius 3 is 1.30 bits per heavy atom. The molecule has 18 nitrogen and oxygen atoms in total. The van der Waals surface area contributed by atoms with Gasteiger partial charge in [-0.05, 0) is 24.3 Å². The first kappa shape index (κ1) is 43.9. The maximum absolute atomic E-state index is 13.7. The molecule has 2 aliphatic heterocycles. The number of anilines is 1. The molecule has 2 heterocycles. The molecule has 0 aliphatic carbocycles. The minimum Gasteiger partial charge on any atom is -0.462 e. The number of benzene rings is 1. The van der Waals surface area contributed by atoms with Crippen molar-refractivity contribution in [2.45, 2.75) is 30.7 Å². The molecule has 0 unspecified atom stereocenters. The van der Waals surface area contributed by atoms with Crippen LogP contribution in [-0.4, -0.2) is 244 Å². The third kappa shape index (κ3) is 13.4. The molecular weight excluding hydrogens is 692 g/mol. The van der Waals surface area contributed by atoms with Crippen molar-refractivity contribution in [3.8, 4) is 5.75 Å². The minimum atomic E-state index is -1.57. The van der Waals surface area contributed by atoms with Gasteiger partial charge in [-0.15, -0.1) is 0 Å². The standard InChI is InChI=1S/C35H60N8O10/c1-36(2)28(45)20-40-12-14-41(21-29(46)37(3)4)16-18-43(19-17-42(15-13-40)22-30(47)38(5)6)23-31(48)39(7)25-8-10-26(11-9-25)52-35-34(51)33(50)32(49)27(24-44)53-35/h8-11,27,32-35,44,49-51H,12-24H2,1-7H3/t27-,32-,33+,34+,35+/m1/s1. The van der Waals surface area contributed by atoms with E-state index in [2.05, 4.69) is 4.90 Å². The molecule has 2 aliphatic rings. The van der Waals surface area contributed by atoms with Crippen LogP contribution in [0.3, 0.4) is 0 Å². The lowest BCUT2D eigenvalue weighted by molar-refractivity contribution is -0.277. The number of carbonyl (C=O) groups is 4. The third-order valence-electron chi connectivity index (χ3n) is 9.56. The highest BCUT2D eigenvalue weighted by Crippen LogP contribution is 2.26. The summed E-state index contributed by atoms with van der Waals surface area (Å²) in [7, 11) is 11.9. The van der Waals surface area contributed by atoms with Crippen LogP contribution in [0.25, 0.3) is 0 Å². The Balaban J connectivity index is 1.75. The van der Waals surface area contributed by atoms with Crippen LogP contribution in [0.2, 0.25) is 0 Å². The molecule has 0 aromatic heterocycles. The third-order valence-corrected chi connectivity index (χ3v) is 9.56. The lowest BCUT2D eigenvalue weighted by atomic mass is 9.99. The largest absolute Gasteiger partial charge is 0.462 e. The predicted octanol–water partition coefficient (Wildman–Crippen LogP) is -3.69. The highest BCUT2D eigenvalue weighted by atomic mass is 16.7. The molecule has 0 bridgehead atoms. The van der Waals surface area contributed by atoms with Gasteiger partial charge < -0.3 is 49.5 Å². The van der Waals surface area contributed by atoms with Crippen LogP contribution in [0.15, 0.2) is 24.3 Å². The zero-order valence-electron chi connectivity index (χ0n) is 32.2. The number of ether oxygens (including phenoxy) is 2. The van der Waals surface area contributed by atoms with E-state index in [0.29, 0.717) is 58.0 Å². The summed E-state index contributed by atoms with van der Waals surface area (Å²) in [6.07, 6.45) is -7.09. The highest BCUT2D eigenvalue weighted by Gasteiger charge is 2.44. The summed E-state index contributed by atoms with van der Waals surface area (Å²) in [5.41, 5.74) is 0.564. The monoisotopic (exact) mass is 752 g/mol. The number of aliphatic hydroxyl groups is 4. The minimum absolute atomic E-state index is 0.0336. The average Bonchev–Trinajstić information content (AvgIpc) is 3.12. The van der Waals surface area contributed by atoms with Crippen LogP contribution in [0.4, 0.5) is 5.69 Å². The smallest absolute Gasteiger partial charge is 0.240 e. The molecule has 3 rings (SSSR count). The summed E-state index contributed by atoms with van der Waals surface area (Å²) in [6.45, 7) is 4.11. The van der Waals surface area contributed by atoms with E-state index in [0.717, 1.165) is 0 Å². The van der Waals surface area contributed by atoms with Crippen molar-refractivity contribution in [2.75, 3.05) is 139 Å². The number of hydrogen-bond acceptors (Lipinski definition) is 14. The first-order valence-electron chi connectivity index (χ1n) is 17.8. The number of likely N-dealkylation sites (N-methyl/N-ethyl adjacent to an activating group) is 4. The van der Waals surface area contributed by atoms with Gasteiger partial charge in [0.1, 0.15) is 30.2 Å². The van der Waals surface area contributed by atoms with Gasteiger partial charge in [-0.1, -0.05) is 0 Å². The molecule has 300 valence electrons. The maximum atomic E-state index is 13.7. The average molecular weight is 753 g/mol. The van der Waals surface area contributed by atoms with Crippen molar-refractivity contribution in [2.24, 2.45) is 0 Å². The molecule has 1 aromatic rings. The lowest BCUT2D eigenvalue weighted by Crippen LogP contribution is -2.60. The first-order chi connectivity index (χ1) is 25.0. The van der Waals surface area contributed by atoms with E-state index in [1.165, 1.54) is 4.90 Å². The predicted molar refractivity (Wildman–Crippen MR) is 196 cm³/mol. The summed E-state index contributed by atoms with van der Waals surface area (Å²) >= 11 is 0. The molecule has 2 saturated heterocycles. The van der Waals surface area contributed by atoms with E-state index in [4.69, 9.17) is 9.47 Å². The van der Waals surface area contributed by atoms with Crippen molar-refractivity contribution < 1.29 is 49.1 Å². The van der Waals surface area contributed by atoms with Crippen LogP contribution < -0.4 is 9.64 Å². The number of amides is 4. The van der Waals surface area contributed by atoms with Gasteiger partial charge in [0, 0.05) is 107 Å². The fourth-order valence-electron chi connectivity index (χ4n) is 5.70. The maximum Gasteiger partial charge on any atom is 0.240 e. The van der Waals surface area contributed by atoms with Crippen LogP contribution in [-0.2, 0) is 23.9 Å². The van der Waals surface area contributed by atoms with Gasteiger partial charge in [-0.2, -0.15) is 0 Å². The molecule has 0 radical (unpaired) electrons. The number of rotatable bonds is 12. The Hall–Kier alpha value is -3.46. The molecule has 5 atom stereocenters. The van der Waals surface area contributed by atoms with Crippen LogP contribution in [0, 0.1) is 0 Å². The molecule has 18 heteroatoms. The zero-order chi connectivity index (χ0) is 39.4. The topological polar surface area (TPSA) is 194 Å². The van der Waals surface area contributed by atoms with E-state index >= 15 is 0 Å². The quantitative estimate of drug-likeness (QED) is 0.163. The molecule has 2 fully saturated rings. The van der Waals surface area contributed by atoms with Gasteiger partial charge in [0.2, 0.25) is 29.9 Å². The molecule has 4 N–H and O–H groups in total. The number of nitrogens with zero attached hydrogens (tertiary/aromatic N) is 8. The Kier molecular flexibility index (Phi) is 17.3. The zero-order valence-corrected chi connectivity index (χ0v) is 32.2. The van der Waals surface area contributed by atoms with Gasteiger partial charge in [-0.3, -0.25) is 38.8 Å². The summed E-state index contributed by atoms with van der Waals surface area (Å²) in [5.74, 6) is -0.0644. The van der Waals surface area contributed by atoms with E-state index in [9.17, 15) is 39.6 Å². The van der Waals surface area contributed by atoms with E-state index in [1.807, 2.05) is 14.7 Å². The van der Waals surface area contributed by atoms with E-state index in [-0.39, 0.29) is 55.6 Å². The van der Waals surface area contributed by atoms with Crippen LogP contribution in [0.5, 0.6) is 5.75 Å². The molecule has 0 saturated carbocycles. The summed E-state index contributed by atoms with van der Waals surface area (Å²) in [6, 6.07) is 6.46. The van der Waals surface area contributed by atoms with Gasteiger partial charge in [-0.25, -0.2) is 0 Å². The second kappa shape index (κ2) is 20.8. The van der Waals surface area contributed by atoms with Crippen molar-refractivity contribution in [3.63, 3.8) is 0 Å². The number of hydrogen-bond donors (Lipinski definition) is 4. The summed E-state index contributed by atoms with van der Waals surface area (Å²) < 4.78 is 11.1. The number of carbonyl (C=O) groups excluding carboxylic acids is 4. The summed E-state index contributed by atoms with van der Waals surface area (Å²) in [5, 5.41) is 39.9. The molecule has 4 amide bonds. The first-order valence-corrected chi connectivity index (χ1v) is 17.8. The lowest BCUT2D eigenvalue weighted by Gasteiger charge is -2.39. The fraction of sp³-hybridized carbons (Fsp3) is 0.714. The van der Waals surface area contributed by atoms with Crippen molar-refractivity contribution in [1.82, 2.24) is 34.3 Å². The molecule has 53 heavy (non-hydrogen) atoms. The van der Waals surface area contributed by atoms with E-state index < -0.39 is 37.3 Å². The highest BCUT2D eigenvalue weighted by molar-refractivity contribution is 5.94. The van der Waals surface area contributed by atoms with Gasteiger partial charge in [0.25, 0.3) is 0 Å². The molecule has 0 spiro atoms. The second-order valence-corrected chi connectivity index (χ2v) is 14.2. The number of aliphatic hydroxyl groups excluding tert-OH is 4. The fourth-order valence-corrected chi connectivity index (χ4v) is 5.70. The van der Waals surface area contributed by atoms with Gasteiger partial charge in [0.15, 0.2) is 0 Å². The Morgan fingerprint density at radius 1 is 0.604 bits per heavy atom. The van der Waals surface area contributed by atoms with Gasteiger partial charge in [0.05, 0.1) is 32.8 Å². The summed E-state index contributed by atoms with van der Waals surface area (Å²) in [4.78, 5) is 66.2. The Labute approximate surface area is 312 Å². The Bertz CT molecular complexity index is 1300. The molecule has 1 aromatic carbocycles.